The van der Waals surface area contributed by atoms with E-state index in [1.54, 1.807) is 24.8 Å². The molecule has 0 bridgehead atoms. The van der Waals surface area contributed by atoms with E-state index >= 15 is 0 Å². The molecule has 0 amide bonds. The molecule has 96 heavy (non-hydrogen) atoms. The summed E-state index contributed by atoms with van der Waals surface area (Å²) in [5.74, 6) is -0.0625. The number of hydrogen-bond acceptors (Lipinski definition) is 10. The van der Waals surface area contributed by atoms with Crippen LogP contribution >= 0.6 is 0 Å². The summed E-state index contributed by atoms with van der Waals surface area (Å²) in [5.41, 5.74) is 16.3. The number of allylic oxidation sites excluding steroid dienone is 2. The number of para-hydroxylation sites is 8. The fourth-order valence-electron chi connectivity index (χ4n) is 12.4. The molecule has 0 unspecified atom stereocenters. The Kier molecular flexibility index (Phi) is 18.8. The zero-order chi connectivity index (χ0) is 64.5. The van der Waals surface area contributed by atoms with Crippen molar-refractivity contribution in [3.05, 3.63) is 352 Å². The minimum atomic E-state index is -0.125. The number of aliphatic hydroxyl groups excluding tert-OH is 1. The van der Waals surface area contributed by atoms with Crippen molar-refractivity contribution in [1.29, 1.82) is 0 Å². The van der Waals surface area contributed by atoms with Gasteiger partial charge >= 0.3 is 0 Å². The molecule has 0 saturated heterocycles. The smallest absolute Gasteiger partial charge is 0.155 e. The maximum atomic E-state index is 10.0. The number of carbonyl (C=O) groups excluding carboxylic acids is 1. The van der Waals surface area contributed by atoms with Gasteiger partial charge in [0, 0.05) is 119 Å². The molecule has 0 saturated carbocycles. The Labute approximate surface area is 571 Å². The third-order valence-corrected chi connectivity index (χ3v) is 16.4. The first-order chi connectivity index (χ1) is 46.8. The monoisotopic (exact) mass is 1420 g/mol. The fourth-order valence-corrected chi connectivity index (χ4v) is 12.4. The van der Waals surface area contributed by atoms with Crippen LogP contribution in [0.3, 0.4) is 0 Å². The number of fused-ring (bicyclic) bond motifs is 12. The minimum Gasteiger partial charge on any atom is -0.512 e. The van der Waals surface area contributed by atoms with Gasteiger partial charge in [0.15, 0.2) is 5.78 Å². The molecule has 16 aromatic rings. The van der Waals surface area contributed by atoms with Crippen LogP contribution in [0.2, 0.25) is 0 Å². The summed E-state index contributed by atoms with van der Waals surface area (Å²) in [4.78, 5) is 38.3. The average molecular weight is 1420 g/mol. The Morgan fingerprint density at radius 3 is 0.781 bits per heavy atom. The Morgan fingerprint density at radius 1 is 0.302 bits per heavy atom. The molecule has 465 valence electrons. The Morgan fingerprint density at radius 2 is 0.542 bits per heavy atom. The van der Waals surface area contributed by atoms with Gasteiger partial charge in [-0.3, -0.25) is 14.8 Å². The quantitative estimate of drug-likeness (QED) is 0.0520. The number of aliphatic hydroxyl groups is 1. The molecule has 10 nitrogen and oxygen atoms in total. The average Bonchev–Trinajstić information content (AvgIpc) is 0.742. The van der Waals surface area contributed by atoms with Gasteiger partial charge in [0.05, 0.1) is 16.8 Å². The molecule has 16 rings (SSSR count). The van der Waals surface area contributed by atoms with Crippen LogP contribution in [0.4, 0.5) is 68.2 Å². The molecule has 1 radical (unpaired) electrons. The van der Waals surface area contributed by atoms with Crippen molar-refractivity contribution in [2.45, 2.75) is 13.8 Å². The molecule has 2 aromatic heterocycles. The number of rotatable bonds is 13. The fraction of sp³-hybridized carbons (Fsp3) is 0.0235. The molecule has 14 aromatic carbocycles. The van der Waals surface area contributed by atoms with Gasteiger partial charge in [0.25, 0.3) is 0 Å². The molecule has 0 atom stereocenters. The molecular formula is C85H62IrN8O2-2. The van der Waals surface area contributed by atoms with Crippen molar-refractivity contribution < 1.29 is 30.0 Å². The first-order valence-electron chi connectivity index (χ1n) is 31.4. The predicted octanol–water partition coefficient (Wildman–Crippen LogP) is 22.4. The number of nitrogens with zero attached hydrogens (tertiary/aromatic N) is 8. The van der Waals surface area contributed by atoms with Gasteiger partial charge in [-0.05, 0) is 168 Å². The van der Waals surface area contributed by atoms with Gasteiger partial charge in [0.1, 0.15) is 0 Å². The standard InChI is InChI=1S/2C40H27N4.C5H8O2.Ir/c2*1-5-13-29(14-6-1)43(30-15-7-2-8-16-30)33-21-23-35-37(27-33)38-28-34(22-24-36(38)40-39(35)41-25-26-42-40)44(31-17-9-3-10-18-31)32-19-11-4-12-20-32;1-4(6)3-5(2)7;/h2*1-23,25-28H;3,6H,1-2H3;/q2*-1;;/b;;4-3-;. The van der Waals surface area contributed by atoms with Crippen molar-refractivity contribution >= 4 is 139 Å². The number of anilines is 12. The number of ketones is 1. The third-order valence-electron chi connectivity index (χ3n) is 16.4. The molecule has 0 spiro atoms. The summed E-state index contributed by atoms with van der Waals surface area (Å²) in [6, 6.07) is 113. The van der Waals surface area contributed by atoms with Gasteiger partial charge in [-0.2, -0.15) is 0 Å². The molecule has 0 fully saturated rings. The first-order valence-corrected chi connectivity index (χ1v) is 31.4. The van der Waals surface area contributed by atoms with Crippen LogP contribution in [0.1, 0.15) is 13.8 Å². The van der Waals surface area contributed by atoms with Crippen LogP contribution in [0, 0.1) is 12.1 Å². The largest absolute Gasteiger partial charge is 0.512 e. The molecule has 0 aliphatic heterocycles. The summed E-state index contributed by atoms with van der Waals surface area (Å²) in [6.07, 6.45) is 8.22. The van der Waals surface area contributed by atoms with E-state index in [9.17, 15) is 4.79 Å². The van der Waals surface area contributed by atoms with Gasteiger partial charge in [-0.1, -0.05) is 168 Å². The van der Waals surface area contributed by atoms with Crippen LogP contribution in [0.15, 0.2) is 340 Å². The van der Waals surface area contributed by atoms with Crippen LogP contribution in [0.5, 0.6) is 0 Å². The van der Waals surface area contributed by atoms with E-state index in [0.29, 0.717) is 0 Å². The van der Waals surface area contributed by atoms with E-state index in [1.807, 2.05) is 48.5 Å². The van der Waals surface area contributed by atoms with Gasteiger partial charge in [-0.15, -0.1) is 47.2 Å². The second-order valence-electron chi connectivity index (χ2n) is 22.7. The summed E-state index contributed by atoms with van der Waals surface area (Å²) in [6.45, 7) is 2.85. The third kappa shape index (κ3) is 13.1. The molecule has 0 aliphatic carbocycles. The zero-order valence-electron chi connectivity index (χ0n) is 52.5. The van der Waals surface area contributed by atoms with Crippen molar-refractivity contribution in [1.82, 2.24) is 19.9 Å². The number of hydrogen-bond donors (Lipinski definition) is 1. The number of carbonyl (C=O) groups is 1. The second kappa shape index (κ2) is 28.8. The minimum absolute atomic E-state index is 0. The van der Waals surface area contributed by atoms with Crippen LogP contribution < -0.4 is 19.6 Å². The summed E-state index contributed by atoms with van der Waals surface area (Å²) < 4.78 is 0. The van der Waals surface area contributed by atoms with Crippen molar-refractivity contribution in [3.63, 3.8) is 0 Å². The zero-order valence-corrected chi connectivity index (χ0v) is 54.9. The van der Waals surface area contributed by atoms with Crippen LogP contribution in [-0.2, 0) is 24.9 Å². The van der Waals surface area contributed by atoms with Crippen molar-refractivity contribution in [3.8, 4) is 0 Å². The van der Waals surface area contributed by atoms with E-state index in [2.05, 4.69) is 287 Å². The maximum absolute atomic E-state index is 10.0. The molecule has 2 heterocycles. The number of aromatic nitrogens is 4. The Hall–Kier alpha value is -12.1. The van der Waals surface area contributed by atoms with Crippen LogP contribution in [0.25, 0.3) is 65.2 Å². The summed E-state index contributed by atoms with van der Waals surface area (Å²) in [5, 5.41) is 16.7. The van der Waals surface area contributed by atoms with E-state index in [0.717, 1.165) is 133 Å². The van der Waals surface area contributed by atoms with Crippen molar-refractivity contribution in [2.24, 2.45) is 0 Å². The Balaban J connectivity index is 0.000000157. The summed E-state index contributed by atoms with van der Waals surface area (Å²) in [7, 11) is 0. The number of benzene rings is 14. The van der Waals surface area contributed by atoms with E-state index in [4.69, 9.17) is 25.0 Å². The molecule has 0 aliphatic rings. The second-order valence-corrected chi connectivity index (χ2v) is 22.7. The van der Waals surface area contributed by atoms with E-state index < -0.39 is 0 Å². The van der Waals surface area contributed by atoms with Crippen LogP contribution in [-0.4, -0.2) is 30.8 Å². The normalized spacial score (nSPS) is 11.1. The molecular weight excluding hydrogens is 1360 g/mol. The molecule has 1 N–H and O–H groups in total. The molecule has 11 heteroatoms. The first kappa shape index (κ1) is 62.7. The van der Waals surface area contributed by atoms with Gasteiger partial charge in [-0.25, -0.2) is 0 Å². The van der Waals surface area contributed by atoms with Crippen molar-refractivity contribution in [2.75, 3.05) is 19.6 Å². The SMILES string of the molecule is CC(=O)/C=C(/C)O.[Ir].[c-]1cc(N(c2ccccc2)c2ccccc2)cc2c1c1nccnc1c1ccc(N(c3ccccc3)c3ccccc3)cc21.[c-]1cc(N(c2ccccc2)c2ccccc2)cc2c1c1nccnc1c1ccc(N(c3ccccc3)c3ccccc3)cc21. The van der Waals surface area contributed by atoms with Gasteiger partial charge in [0.2, 0.25) is 0 Å². The summed E-state index contributed by atoms with van der Waals surface area (Å²) >= 11 is 0. The topological polar surface area (TPSA) is 102 Å². The maximum Gasteiger partial charge on any atom is 0.155 e. The van der Waals surface area contributed by atoms with E-state index in [-0.39, 0.29) is 31.6 Å². The van der Waals surface area contributed by atoms with E-state index in [1.165, 1.54) is 19.9 Å². The van der Waals surface area contributed by atoms with Gasteiger partial charge < -0.3 is 34.7 Å². The predicted molar refractivity (Wildman–Crippen MR) is 393 cm³/mol. The Bertz CT molecular complexity index is 4560.